The van der Waals surface area contributed by atoms with Crippen LogP contribution in [0.15, 0.2) is 89.6 Å². The summed E-state index contributed by atoms with van der Waals surface area (Å²) in [7, 11) is 0. The van der Waals surface area contributed by atoms with Gasteiger partial charge in [0.15, 0.2) is 0 Å². The van der Waals surface area contributed by atoms with Crippen molar-refractivity contribution < 1.29 is 4.52 Å². The predicted octanol–water partition coefficient (Wildman–Crippen LogP) is 5.30. The van der Waals surface area contributed by atoms with E-state index in [0.29, 0.717) is 0 Å². The number of benzene rings is 3. The van der Waals surface area contributed by atoms with Crippen LogP contribution in [-0.4, -0.2) is 5.16 Å². The van der Waals surface area contributed by atoms with E-state index in [4.69, 9.17) is 4.52 Å². The van der Waals surface area contributed by atoms with Crippen molar-refractivity contribution in [3.8, 4) is 0 Å². The molecule has 0 amide bonds. The minimum absolute atomic E-state index is 0.866. The van der Waals surface area contributed by atoms with Crippen LogP contribution in [0.3, 0.4) is 0 Å². The summed E-state index contributed by atoms with van der Waals surface area (Å²) >= 11 is 0. The number of aromatic nitrogens is 1. The zero-order chi connectivity index (χ0) is 14.8. The van der Waals surface area contributed by atoms with E-state index in [2.05, 4.69) is 46.5 Å². The molecule has 1 heterocycles. The SMILES string of the molecule is c1ccc(N(c2ccccc2)c2ccc3nocc3c2)cc1. The molecule has 0 aliphatic heterocycles. The molecule has 0 radical (unpaired) electrons. The van der Waals surface area contributed by atoms with Crippen LogP contribution in [0.1, 0.15) is 0 Å². The molecule has 0 aliphatic carbocycles. The third-order valence-corrected chi connectivity index (χ3v) is 3.63. The maximum absolute atomic E-state index is 5.04. The van der Waals surface area contributed by atoms with Crippen LogP contribution in [0.5, 0.6) is 0 Å². The summed E-state index contributed by atoms with van der Waals surface area (Å²) in [5, 5.41) is 4.97. The van der Waals surface area contributed by atoms with Crippen LogP contribution in [-0.2, 0) is 0 Å². The highest BCUT2D eigenvalue weighted by Gasteiger charge is 2.12. The van der Waals surface area contributed by atoms with Gasteiger partial charge in [-0.05, 0) is 42.5 Å². The van der Waals surface area contributed by atoms with Gasteiger partial charge in [0.1, 0.15) is 11.8 Å². The molecule has 22 heavy (non-hydrogen) atoms. The van der Waals surface area contributed by atoms with Crippen LogP contribution >= 0.6 is 0 Å². The number of anilines is 3. The first-order chi connectivity index (χ1) is 10.9. The Kier molecular flexibility index (Phi) is 3.09. The number of hydrogen-bond donors (Lipinski definition) is 0. The fourth-order valence-electron chi connectivity index (χ4n) is 2.60. The van der Waals surface area contributed by atoms with Gasteiger partial charge in [-0.3, -0.25) is 0 Å². The molecule has 106 valence electrons. The van der Waals surface area contributed by atoms with Crippen molar-refractivity contribution in [2.75, 3.05) is 4.90 Å². The Morgan fingerprint density at radius 3 is 1.95 bits per heavy atom. The van der Waals surface area contributed by atoms with Gasteiger partial charge in [-0.25, -0.2) is 0 Å². The van der Waals surface area contributed by atoms with Crippen LogP contribution in [0.25, 0.3) is 10.9 Å². The average Bonchev–Trinajstić information content (AvgIpc) is 3.05. The van der Waals surface area contributed by atoms with E-state index in [1.807, 2.05) is 42.5 Å². The lowest BCUT2D eigenvalue weighted by Gasteiger charge is -2.25. The second-order valence-electron chi connectivity index (χ2n) is 5.06. The first-order valence-electron chi connectivity index (χ1n) is 7.16. The summed E-state index contributed by atoms with van der Waals surface area (Å²) in [5.41, 5.74) is 4.17. The zero-order valence-corrected chi connectivity index (χ0v) is 11.9. The lowest BCUT2D eigenvalue weighted by molar-refractivity contribution is 0.428. The van der Waals surface area contributed by atoms with Crippen LogP contribution in [0, 0.1) is 0 Å². The van der Waals surface area contributed by atoms with Crippen molar-refractivity contribution in [2.45, 2.75) is 0 Å². The highest BCUT2D eigenvalue weighted by Crippen LogP contribution is 2.35. The summed E-state index contributed by atoms with van der Waals surface area (Å²) < 4.78 is 5.04. The first kappa shape index (κ1) is 12.7. The van der Waals surface area contributed by atoms with Gasteiger partial charge in [-0.15, -0.1) is 0 Å². The quantitative estimate of drug-likeness (QED) is 0.512. The second-order valence-corrected chi connectivity index (χ2v) is 5.06. The number of fused-ring (bicyclic) bond motifs is 1. The number of nitrogens with zero attached hydrogens (tertiary/aromatic N) is 2. The van der Waals surface area contributed by atoms with Crippen molar-refractivity contribution in [3.05, 3.63) is 85.1 Å². The molecule has 0 saturated carbocycles. The summed E-state index contributed by atoms with van der Waals surface area (Å²) in [4.78, 5) is 2.21. The molecular weight excluding hydrogens is 272 g/mol. The molecule has 0 fully saturated rings. The molecule has 0 atom stereocenters. The van der Waals surface area contributed by atoms with Crippen molar-refractivity contribution >= 4 is 28.0 Å². The molecule has 0 spiro atoms. The Morgan fingerprint density at radius 2 is 1.32 bits per heavy atom. The molecule has 0 saturated heterocycles. The number of rotatable bonds is 3. The number of para-hydroxylation sites is 2. The highest BCUT2D eigenvalue weighted by atomic mass is 16.5. The normalized spacial score (nSPS) is 10.7. The van der Waals surface area contributed by atoms with E-state index in [-0.39, 0.29) is 0 Å². The smallest absolute Gasteiger partial charge is 0.131 e. The summed E-state index contributed by atoms with van der Waals surface area (Å²) in [5.74, 6) is 0. The van der Waals surface area contributed by atoms with E-state index >= 15 is 0 Å². The molecule has 3 nitrogen and oxygen atoms in total. The Hall–Kier alpha value is -3.07. The fraction of sp³-hybridized carbons (Fsp3) is 0. The van der Waals surface area contributed by atoms with Crippen LogP contribution in [0.4, 0.5) is 17.1 Å². The van der Waals surface area contributed by atoms with E-state index in [1.54, 1.807) is 6.26 Å². The maximum Gasteiger partial charge on any atom is 0.131 e. The van der Waals surface area contributed by atoms with Crippen molar-refractivity contribution in [1.29, 1.82) is 0 Å². The van der Waals surface area contributed by atoms with E-state index in [0.717, 1.165) is 28.0 Å². The summed E-state index contributed by atoms with van der Waals surface area (Å²) in [6.07, 6.45) is 1.67. The third-order valence-electron chi connectivity index (χ3n) is 3.63. The summed E-state index contributed by atoms with van der Waals surface area (Å²) in [6, 6.07) is 26.8. The zero-order valence-electron chi connectivity index (χ0n) is 11.9. The highest BCUT2D eigenvalue weighted by molar-refractivity contribution is 5.86. The molecule has 0 aliphatic rings. The van der Waals surface area contributed by atoms with Gasteiger partial charge in [0, 0.05) is 22.4 Å². The van der Waals surface area contributed by atoms with E-state index in [1.165, 1.54) is 0 Å². The molecule has 4 aromatic rings. The second kappa shape index (κ2) is 5.37. The van der Waals surface area contributed by atoms with Crippen molar-refractivity contribution in [2.24, 2.45) is 0 Å². The first-order valence-corrected chi connectivity index (χ1v) is 7.16. The van der Waals surface area contributed by atoms with Gasteiger partial charge in [0.25, 0.3) is 0 Å². The molecule has 3 heteroatoms. The largest absolute Gasteiger partial charge is 0.364 e. The Labute approximate surface area is 128 Å². The molecule has 0 unspecified atom stereocenters. The Balaban J connectivity index is 1.90. The minimum atomic E-state index is 0.866. The third kappa shape index (κ3) is 2.23. The predicted molar refractivity (Wildman–Crippen MR) is 88.7 cm³/mol. The van der Waals surface area contributed by atoms with Crippen LogP contribution < -0.4 is 4.90 Å². The van der Waals surface area contributed by atoms with E-state index in [9.17, 15) is 0 Å². The van der Waals surface area contributed by atoms with Gasteiger partial charge in [-0.2, -0.15) is 0 Å². The Bertz CT molecular complexity index is 845. The fourth-order valence-corrected chi connectivity index (χ4v) is 2.60. The van der Waals surface area contributed by atoms with Gasteiger partial charge < -0.3 is 9.42 Å². The number of hydrogen-bond acceptors (Lipinski definition) is 3. The van der Waals surface area contributed by atoms with Crippen LogP contribution in [0.2, 0.25) is 0 Å². The van der Waals surface area contributed by atoms with Crippen molar-refractivity contribution in [3.63, 3.8) is 0 Å². The monoisotopic (exact) mass is 286 g/mol. The van der Waals surface area contributed by atoms with Gasteiger partial charge in [0.05, 0.1) is 0 Å². The van der Waals surface area contributed by atoms with E-state index < -0.39 is 0 Å². The average molecular weight is 286 g/mol. The maximum atomic E-state index is 5.04. The molecule has 3 aromatic carbocycles. The standard InChI is InChI=1S/C19H14N2O/c1-3-7-16(8-4-1)21(17-9-5-2-6-10-17)18-11-12-19-15(13-18)14-22-20-19/h1-14H. The van der Waals surface area contributed by atoms with Gasteiger partial charge in [-0.1, -0.05) is 41.6 Å². The van der Waals surface area contributed by atoms with Gasteiger partial charge >= 0.3 is 0 Å². The molecular formula is C19H14N2O. The van der Waals surface area contributed by atoms with Gasteiger partial charge in [0.2, 0.25) is 0 Å². The molecule has 1 aromatic heterocycles. The molecule has 0 N–H and O–H groups in total. The summed E-state index contributed by atoms with van der Waals surface area (Å²) in [6.45, 7) is 0. The van der Waals surface area contributed by atoms with Crippen molar-refractivity contribution in [1.82, 2.24) is 5.16 Å². The lowest BCUT2D eigenvalue weighted by atomic mass is 10.1. The minimum Gasteiger partial charge on any atom is -0.364 e. The Morgan fingerprint density at radius 1 is 0.682 bits per heavy atom. The lowest BCUT2D eigenvalue weighted by Crippen LogP contribution is -2.09. The molecule has 4 rings (SSSR count). The topological polar surface area (TPSA) is 29.3 Å². The molecule has 0 bridgehead atoms.